The van der Waals surface area contributed by atoms with Crippen molar-refractivity contribution in [2.45, 2.75) is 84.3 Å². The van der Waals surface area contributed by atoms with Crippen LogP contribution in [-0.2, 0) is 4.74 Å². The van der Waals surface area contributed by atoms with Crippen molar-refractivity contribution in [1.29, 1.82) is 0 Å². The summed E-state index contributed by atoms with van der Waals surface area (Å²) in [5.74, 6) is 0.803. The molecule has 1 amide bonds. The zero-order valence-electron chi connectivity index (χ0n) is 15.9. The number of hydrogen-bond acceptors (Lipinski definition) is 3. The first-order valence-electron chi connectivity index (χ1n) is 9.49. The average molecular weight is 325 g/mol. The van der Waals surface area contributed by atoms with Gasteiger partial charge in [0.05, 0.1) is 0 Å². The molecule has 0 aromatic carbocycles. The molecule has 4 heteroatoms. The Labute approximate surface area is 142 Å². The van der Waals surface area contributed by atoms with Crippen LogP contribution in [0.4, 0.5) is 4.79 Å². The summed E-state index contributed by atoms with van der Waals surface area (Å²) in [4.78, 5) is 17.0. The molecule has 0 spiro atoms. The van der Waals surface area contributed by atoms with Crippen LogP contribution in [0.1, 0.15) is 73.1 Å². The van der Waals surface area contributed by atoms with Gasteiger partial charge in [0.15, 0.2) is 0 Å². The maximum Gasteiger partial charge on any atom is 0.410 e. The maximum atomic E-state index is 12.4. The van der Waals surface area contributed by atoms with Crippen LogP contribution in [0, 0.1) is 5.92 Å². The Morgan fingerprint density at radius 2 is 1.91 bits per heavy atom. The number of ether oxygens (including phenoxy) is 1. The Morgan fingerprint density at radius 1 is 1.17 bits per heavy atom. The number of carbonyl (C=O) groups is 1. The van der Waals surface area contributed by atoms with Gasteiger partial charge in [-0.3, -0.25) is 4.90 Å². The lowest BCUT2D eigenvalue weighted by atomic mass is 9.83. The van der Waals surface area contributed by atoms with E-state index >= 15 is 0 Å². The lowest BCUT2D eigenvalue weighted by molar-refractivity contribution is 0.0183. The Bertz CT molecular complexity index is 405. The molecule has 2 rings (SSSR count). The van der Waals surface area contributed by atoms with Gasteiger partial charge >= 0.3 is 6.09 Å². The highest BCUT2D eigenvalue weighted by Crippen LogP contribution is 2.35. The fourth-order valence-electron chi connectivity index (χ4n) is 4.20. The van der Waals surface area contributed by atoms with E-state index in [0.717, 1.165) is 31.8 Å². The molecule has 2 saturated heterocycles. The number of piperidine rings is 1. The van der Waals surface area contributed by atoms with Gasteiger partial charge in [-0.25, -0.2) is 4.79 Å². The Morgan fingerprint density at radius 3 is 2.52 bits per heavy atom. The van der Waals surface area contributed by atoms with E-state index in [9.17, 15) is 4.79 Å². The van der Waals surface area contributed by atoms with Crippen molar-refractivity contribution in [3.63, 3.8) is 0 Å². The van der Waals surface area contributed by atoms with Crippen LogP contribution in [0.5, 0.6) is 0 Å². The summed E-state index contributed by atoms with van der Waals surface area (Å²) in [5, 5.41) is 0. The first-order valence-corrected chi connectivity index (χ1v) is 9.49. The fraction of sp³-hybridized carbons (Fsp3) is 0.947. The van der Waals surface area contributed by atoms with Crippen LogP contribution in [-0.4, -0.2) is 53.2 Å². The van der Waals surface area contributed by atoms with Crippen molar-refractivity contribution < 1.29 is 9.53 Å². The number of nitrogens with zero attached hydrogens (tertiary/aromatic N) is 2. The Hall–Kier alpha value is -0.770. The molecular weight excluding hydrogens is 288 g/mol. The van der Waals surface area contributed by atoms with Gasteiger partial charge in [0.1, 0.15) is 5.60 Å². The highest BCUT2D eigenvalue weighted by atomic mass is 16.6. The highest BCUT2D eigenvalue weighted by molar-refractivity contribution is 5.68. The van der Waals surface area contributed by atoms with E-state index in [4.69, 9.17) is 4.74 Å². The second-order valence-corrected chi connectivity index (χ2v) is 8.59. The number of carbonyl (C=O) groups excluding carboxylic acids is 1. The number of likely N-dealkylation sites (tertiary alicyclic amines) is 2. The minimum atomic E-state index is -0.409. The van der Waals surface area contributed by atoms with E-state index in [1.54, 1.807) is 0 Å². The summed E-state index contributed by atoms with van der Waals surface area (Å²) < 4.78 is 5.57. The molecule has 23 heavy (non-hydrogen) atoms. The monoisotopic (exact) mass is 324 g/mol. The number of amides is 1. The largest absolute Gasteiger partial charge is 0.444 e. The molecule has 0 radical (unpaired) electrons. The molecule has 2 aliphatic rings. The third kappa shape index (κ3) is 4.85. The molecule has 2 heterocycles. The predicted octanol–water partition coefficient (Wildman–Crippen LogP) is 4.29. The van der Waals surface area contributed by atoms with E-state index < -0.39 is 5.60 Å². The molecule has 2 fully saturated rings. The zero-order valence-corrected chi connectivity index (χ0v) is 15.9. The number of hydrogen-bond donors (Lipinski definition) is 0. The predicted molar refractivity (Wildman–Crippen MR) is 94.7 cm³/mol. The van der Waals surface area contributed by atoms with Gasteiger partial charge in [0, 0.05) is 25.2 Å². The molecule has 2 unspecified atom stereocenters. The molecule has 0 aromatic heterocycles. The second kappa shape index (κ2) is 7.42. The minimum Gasteiger partial charge on any atom is -0.444 e. The van der Waals surface area contributed by atoms with Gasteiger partial charge in [0.2, 0.25) is 0 Å². The van der Waals surface area contributed by atoms with Crippen LogP contribution < -0.4 is 0 Å². The standard InChI is InChI=1S/C19H36N2O2/c1-6-19(21-13-7-9-16(2)15-21)10-8-12-20(14-11-19)17(22)23-18(3,4)5/h16H,6-15H2,1-5H3. The lowest BCUT2D eigenvalue weighted by Crippen LogP contribution is -2.52. The molecule has 2 aliphatic heterocycles. The third-order valence-corrected chi connectivity index (χ3v) is 5.55. The SMILES string of the molecule is CCC1(N2CCCC(C)C2)CCCN(C(=O)OC(C)(C)C)CC1. The molecule has 134 valence electrons. The van der Waals surface area contributed by atoms with Crippen molar-refractivity contribution in [3.8, 4) is 0 Å². The Kier molecular flexibility index (Phi) is 5.99. The van der Waals surface area contributed by atoms with Crippen LogP contribution in [0.2, 0.25) is 0 Å². The van der Waals surface area contributed by atoms with Crippen molar-refractivity contribution in [1.82, 2.24) is 9.80 Å². The molecule has 0 bridgehead atoms. The maximum absolute atomic E-state index is 12.4. The van der Waals surface area contributed by atoms with Gasteiger partial charge < -0.3 is 9.64 Å². The van der Waals surface area contributed by atoms with Crippen molar-refractivity contribution in [2.24, 2.45) is 5.92 Å². The van der Waals surface area contributed by atoms with Gasteiger partial charge in [-0.1, -0.05) is 13.8 Å². The molecule has 2 atom stereocenters. The topological polar surface area (TPSA) is 32.8 Å². The molecule has 0 saturated carbocycles. The normalized spacial score (nSPS) is 30.8. The highest BCUT2D eigenvalue weighted by Gasteiger charge is 2.39. The van der Waals surface area contributed by atoms with E-state index in [1.807, 2.05) is 25.7 Å². The first-order chi connectivity index (χ1) is 10.8. The molecule has 0 aliphatic carbocycles. The van der Waals surface area contributed by atoms with Crippen LogP contribution in [0.25, 0.3) is 0 Å². The summed E-state index contributed by atoms with van der Waals surface area (Å²) in [6.07, 6.45) is 7.08. The van der Waals surface area contributed by atoms with E-state index in [-0.39, 0.29) is 11.6 Å². The average Bonchev–Trinajstić information content (AvgIpc) is 2.69. The second-order valence-electron chi connectivity index (χ2n) is 8.59. The molecule has 0 N–H and O–H groups in total. The van der Waals surface area contributed by atoms with Crippen molar-refractivity contribution in [2.75, 3.05) is 26.2 Å². The summed E-state index contributed by atoms with van der Waals surface area (Å²) in [5.41, 5.74) is -0.126. The summed E-state index contributed by atoms with van der Waals surface area (Å²) >= 11 is 0. The molecular formula is C19H36N2O2. The zero-order chi connectivity index (χ0) is 17.1. The van der Waals surface area contributed by atoms with E-state index in [2.05, 4.69) is 18.7 Å². The van der Waals surface area contributed by atoms with Gasteiger partial charge in [-0.2, -0.15) is 0 Å². The van der Waals surface area contributed by atoms with Gasteiger partial charge in [-0.15, -0.1) is 0 Å². The minimum absolute atomic E-state index is 0.142. The molecule has 0 aromatic rings. The smallest absolute Gasteiger partial charge is 0.410 e. The van der Waals surface area contributed by atoms with Crippen LogP contribution in [0.3, 0.4) is 0 Å². The molecule has 4 nitrogen and oxygen atoms in total. The summed E-state index contributed by atoms with van der Waals surface area (Å²) in [7, 11) is 0. The lowest BCUT2D eigenvalue weighted by Gasteiger charge is -2.47. The first kappa shape index (κ1) is 18.6. The van der Waals surface area contributed by atoms with E-state index in [1.165, 1.54) is 38.8 Å². The third-order valence-electron chi connectivity index (χ3n) is 5.55. The van der Waals surface area contributed by atoms with Crippen LogP contribution in [0.15, 0.2) is 0 Å². The number of rotatable bonds is 2. The quantitative estimate of drug-likeness (QED) is 0.759. The van der Waals surface area contributed by atoms with E-state index in [0.29, 0.717) is 0 Å². The summed E-state index contributed by atoms with van der Waals surface area (Å²) in [6, 6.07) is 0. The fourth-order valence-corrected chi connectivity index (χ4v) is 4.20. The van der Waals surface area contributed by atoms with Crippen molar-refractivity contribution in [3.05, 3.63) is 0 Å². The summed E-state index contributed by atoms with van der Waals surface area (Å²) in [6.45, 7) is 14.6. The van der Waals surface area contributed by atoms with Gasteiger partial charge in [0.25, 0.3) is 0 Å². The van der Waals surface area contributed by atoms with Crippen molar-refractivity contribution >= 4 is 6.09 Å². The van der Waals surface area contributed by atoms with Gasteiger partial charge in [-0.05, 0) is 71.8 Å². The Balaban J connectivity index is 2.01. The van der Waals surface area contributed by atoms with Crippen LogP contribution >= 0.6 is 0 Å².